The van der Waals surface area contributed by atoms with Gasteiger partial charge in [0.05, 0.1) is 6.42 Å². The first-order valence-electron chi connectivity index (χ1n) is 8.70. The van der Waals surface area contributed by atoms with Crippen molar-refractivity contribution in [3.8, 4) is 5.75 Å². The fourth-order valence-electron chi connectivity index (χ4n) is 2.89. The molecule has 0 aromatic heterocycles. The second-order valence-electron chi connectivity index (χ2n) is 6.27. The van der Waals surface area contributed by atoms with Crippen LogP contribution >= 0.6 is 0 Å². The Morgan fingerprint density at radius 1 is 0.852 bits per heavy atom. The molecule has 7 heteroatoms. The fraction of sp³-hybridized carbons (Fsp3) is 0.300. The minimum atomic E-state index is -0.391. The third kappa shape index (κ3) is 5.03. The van der Waals surface area contributed by atoms with Crippen molar-refractivity contribution >= 4 is 11.8 Å². The van der Waals surface area contributed by atoms with E-state index in [1.165, 1.54) is 30.3 Å². The maximum Gasteiger partial charge on any atom is 0.260 e. The van der Waals surface area contributed by atoms with Crippen LogP contribution in [-0.2, 0) is 16.0 Å². The summed E-state index contributed by atoms with van der Waals surface area (Å²) in [4.78, 5) is 27.8. The highest BCUT2D eigenvalue weighted by atomic mass is 19.1. The van der Waals surface area contributed by atoms with Crippen LogP contribution < -0.4 is 4.74 Å². The Bertz CT molecular complexity index is 803. The summed E-state index contributed by atoms with van der Waals surface area (Å²) < 4.78 is 31.9. The Hall–Kier alpha value is -2.96. The van der Waals surface area contributed by atoms with Crippen molar-refractivity contribution < 1.29 is 23.1 Å². The van der Waals surface area contributed by atoms with Gasteiger partial charge in [-0.15, -0.1) is 0 Å². The number of ether oxygens (including phenoxy) is 1. The van der Waals surface area contributed by atoms with E-state index in [0.717, 1.165) is 0 Å². The molecule has 0 radical (unpaired) electrons. The van der Waals surface area contributed by atoms with Crippen LogP contribution in [0.2, 0.25) is 0 Å². The van der Waals surface area contributed by atoms with Gasteiger partial charge in [-0.3, -0.25) is 9.59 Å². The number of benzene rings is 2. The normalized spacial score (nSPS) is 14.1. The van der Waals surface area contributed by atoms with Gasteiger partial charge in [0.1, 0.15) is 17.4 Å². The Labute approximate surface area is 156 Å². The van der Waals surface area contributed by atoms with Gasteiger partial charge in [0.15, 0.2) is 6.61 Å². The number of nitrogens with zero attached hydrogens (tertiary/aromatic N) is 2. The van der Waals surface area contributed by atoms with Gasteiger partial charge in [0, 0.05) is 26.2 Å². The summed E-state index contributed by atoms with van der Waals surface area (Å²) in [5.74, 6) is -0.693. The first-order chi connectivity index (χ1) is 13.0. The van der Waals surface area contributed by atoms with Crippen LogP contribution in [-0.4, -0.2) is 54.4 Å². The van der Waals surface area contributed by atoms with E-state index in [1.54, 1.807) is 28.0 Å². The van der Waals surface area contributed by atoms with Crippen LogP contribution in [0.15, 0.2) is 48.5 Å². The van der Waals surface area contributed by atoms with E-state index < -0.39 is 5.82 Å². The zero-order chi connectivity index (χ0) is 19.2. The number of hydrogen-bond donors (Lipinski definition) is 0. The topological polar surface area (TPSA) is 49.9 Å². The van der Waals surface area contributed by atoms with Gasteiger partial charge in [0.25, 0.3) is 5.91 Å². The highest BCUT2D eigenvalue weighted by Crippen LogP contribution is 2.13. The Morgan fingerprint density at radius 2 is 1.44 bits per heavy atom. The predicted molar refractivity (Wildman–Crippen MR) is 95.2 cm³/mol. The zero-order valence-corrected chi connectivity index (χ0v) is 14.7. The van der Waals surface area contributed by atoms with E-state index in [2.05, 4.69) is 0 Å². The van der Waals surface area contributed by atoms with Crippen LogP contribution in [0.5, 0.6) is 5.75 Å². The highest BCUT2D eigenvalue weighted by Gasteiger charge is 2.24. The van der Waals surface area contributed by atoms with Crippen LogP contribution in [0, 0.1) is 11.6 Å². The smallest absolute Gasteiger partial charge is 0.260 e. The lowest BCUT2D eigenvalue weighted by Gasteiger charge is -2.34. The number of halogens is 2. The lowest BCUT2D eigenvalue weighted by atomic mass is 10.1. The third-order valence-electron chi connectivity index (χ3n) is 4.46. The predicted octanol–water partition coefficient (Wildman–Crippen LogP) is 2.26. The molecule has 5 nitrogen and oxygen atoms in total. The molecule has 3 rings (SSSR count). The Balaban J connectivity index is 1.45. The lowest BCUT2D eigenvalue weighted by molar-refractivity contribution is -0.140. The Morgan fingerprint density at radius 3 is 2.07 bits per heavy atom. The van der Waals surface area contributed by atoms with Gasteiger partial charge in [-0.1, -0.05) is 18.2 Å². The molecule has 142 valence electrons. The fourth-order valence-corrected chi connectivity index (χ4v) is 2.89. The summed E-state index contributed by atoms with van der Waals surface area (Å²) >= 11 is 0. The molecule has 0 atom stereocenters. The van der Waals surface area contributed by atoms with E-state index >= 15 is 0 Å². The number of carbonyl (C=O) groups is 2. The molecule has 0 saturated carbocycles. The molecule has 2 amide bonds. The molecule has 0 bridgehead atoms. The first kappa shape index (κ1) is 18.8. The highest BCUT2D eigenvalue weighted by molar-refractivity contribution is 5.80. The summed E-state index contributed by atoms with van der Waals surface area (Å²) in [6.45, 7) is 1.45. The van der Waals surface area contributed by atoms with E-state index in [4.69, 9.17) is 4.74 Å². The molecule has 1 aliphatic rings. The molecule has 1 aliphatic heterocycles. The van der Waals surface area contributed by atoms with Crippen molar-refractivity contribution in [1.82, 2.24) is 9.80 Å². The summed E-state index contributed by atoms with van der Waals surface area (Å²) in [5, 5.41) is 0. The molecular weight excluding hydrogens is 354 g/mol. The second-order valence-corrected chi connectivity index (χ2v) is 6.27. The molecule has 27 heavy (non-hydrogen) atoms. The molecule has 2 aromatic rings. The molecule has 2 aromatic carbocycles. The van der Waals surface area contributed by atoms with Gasteiger partial charge in [0.2, 0.25) is 5.91 Å². The van der Waals surface area contributed by atoms with E-state index in [-0.39, 0.29) is 30.7 Å². The van der Waals surface area contributed by atoms with Crippen molar-refractivity contribution in [2.75, 3.05) is 32.8 Å². The van der Waals surface area contributed by atoms with Crippen molar-refractivity contribution in [2.45, 2.75) is 6.42 Å². The van der Waals surface area contributed by atoms with Crippen molar-refractivity contribution in [2.24, 2.45) is 0 Å². The van der Waals surface area contributed by atoms with Gasteiger partial charge >= 0.3 is 0 Å². The van der Waals surface area contributed by atoms with Crippen molar-refractivity contribution in [3.63, 3.8) is 0 Å². The number of rotatable bonds is 5. The Kier molecular flexibility index (Phi) is 6.01. The largest absolute Gasteiger partial charge is 0.484 e. The summed E-state index contributed by atoms with van der Waals surface area (Å²) in [6.07, 6.45) is 0.00823. The van der Waals surface area contributed by atoms with Crippen LogP contribution in [0.1, 0.15) is 5.56 Å². The average Bonchev–Trinajstić information content (AvgIpc) is 2.69. The van der Waals surface area contributed by atoms with E-state index in [1.807, 2.05) is 0 Å². The molecule has 1 fully saturated rings. The third-order valence-corrected chi connectivity index (χ3v) is 4.46. The van der Waals surface area contributed by atoms with Gasteiger partial charge < -0.3 is 14.5 Å². The second kappa shape index (κ2) is 8.62. The van der Waals surface area contributed by atoms with Gasteiger partial charge in [-0.2, -0.15) is 0 Å². The standard InChI is InChI=1S/C20H20F2N2O3/c21-16-5-7-17(8-6-16)27-14-20(26)24-11-9-23(10-12-24)19(25)13-15-3-1-2-4-18(15)22/h1-8H,9-14H2. The summed E-state index contributed by atoms with van der Waals surface area (Å²) in [7, 11) is 0. The number of piperazine rings is 1. The molecule has 0 unspecified atom stereocenters. The maximum absolute atomic E-state index is 13.7. The van der Waals surface area contributed by atoms with E-state index in [0.29, 0.717) is 37.5 Å². The van der Waals surface area contributed by atoms with Gasteiger partial charge in [-0.25, -0.2) is 8.78 Å². The minimum absolute atomic E-state index is 0.00823. The SMILES string of the molecule is O=C(COc1ccc(F)cc1)N1CCN(C(=O)Cc2ccccc2F)CC1. The number of amides is 2. The maximum atomic E-state index is 13.7. The number of carbonyl (C=O) groups excluding carboxylic acids is 2. The quantitative estimate of drug-likeness (QED) is 0.807. The first-order valence-corrected chi connectivity index (χ1v) is 8.70. The molecule has 0 N–H and O–H groups in total. The molecule has 1 saturated heterocycles. The zero-order valence-electron chi connectivity index (χ0n) is 14.7. The summed E-state index contributed by atoms with van der Waals surface area (Å²) in [5.41, 5.74) is 0.369. The van der Waals surface area contributed by atoms with E-state index in [9.17, 15) is 18.4 Å². The average molecular weight is 374 g/mol. The van der Waals surface area contributed by atoms with Gasteiger partial charge in [-0.05, 0) is 35.9 Å². The molecule has 0 spiro atoms. The summed E-state index contributed by atoms with van der Waals surface area (Å²) in [6, 6.07) is 11.7. The minimum Gasteiger partial charge on any atom is -0.484 e. The van der Waals surface area contributed by atoms with Crippen LogP contribution in [0.3, 0.4) is 0 Å². The molecular formula is C20H20F2N2O3. The lowest BCUT2D eigenvalue weighted by Crippen LogP contribution is -2.52. The molecule has 0 aliphatic carbocycles. The monoisotopic (exact) mass is 374 g/mol. The van der Waals surface area contributed by atoms with Crippen molar-refractivity contribution in [1.29, 1.82) is 0 Å². The molecule has 1 heterocycles. The van der Waals surface area contributed by atoms with Crippen molar-refractivity contribution in [3.05, 3.63) is 65.7 Å². The van der Waals surface area contributed by atoms with Crippen LogP contribution in [0.25, 0.3) is 0 Å². The number of hydrogen-bond acceptors (Lipinski definition) is 3. The van der Waals surface area contributed by atoms with Crippen LogP contribution in [0.4, 0.5) is 8.78 Å².